The van der Waals surface area contributed by atoms with Crippen LogP contribution in [0.5, 0.6) is 0 Å². The summed E-state index contributed by atoms with van der Waals surface area (Å²) in [5, 5.41) is 35.3. The van der Waals surface area contributed by atoms with Gasteiger partial charge in [0, 0.05) is 0 Å². The summed E-state index contributed by atoms with van der Waals surface area (Å²) in [6, 6.07) is 0. The van der Waals surface area contributed by atoms with Crippen LogP contribution in [-0.2, 0) is 0 Å². The van der Waals surface area contributed by atoms with Crippen molar-refractivity contribution in [3.63, 3.8) is 0 Å². The van der Waals surface area contributed by atoms with Gasteiger partial charge in [-0.05, 0) is 154 Å². The van der Waals surface area contributed by atoms with Gasteiger partial charge in [-0.1, -0.05) is 99.3 Å². The van der Waals surface area contributed by atoms with Crippen LogP contribution < -0.4 is 0 Å². The van der Waals surface area contributed by atoms with E-state index in [1.54, 1.807) is 13.0 Å². The van der Waals surface area contributed by atoms with E-state index in [1.807, 2.05) is 18.2 Å². The first-order valence-corrected chi connectivity index (χ1v) is 18.2. The molecule has 0 aliphatic carbocycles. The monoisotopic (exact) mass is 685 g/mol. The Morgan fingerprint density at radius 3 is 0.918 bits per heavy atom. The predicted octanol–water partition coefficient (Wildman–Crippen LogP) is 12.4. The van der Waals surface area contributed by atoms with E-state index in [2.05, 4.69) is 120 Å². The van der Waals surface area contributed by atoms with Crippen molar-refractivity contribution in [2.24, 2.45) is 0 Å². The van der Waals surface area contributed by atoms with Crippen LogP contribution in [0.2, 0.25) is 0 Å². The van der Waals surface area contributed by atoms with E-state index >= 15 is 0 Å². The lowest BCUT2D eigenvalue weighted by molar-refractivity contribution is 0.103. The summed E-state index contributed by atoms with van der Waals surface area (Å²) in [5.74, 6) is 0. The molecule has 0 saturated carbocycles. The molecule has 0 aliphatic heterocycles. The maximum atomic E-state index is 9.49. The molecule has 0 fully saturated rings. The first kappa shape index (κ1) is 53.3. The van der Waals surface area contributed by atoms with Gasteiger partial charge < -0.3 is 20.4 Å². The lowest BCUT2D eigenvalue weighted by Gasteiger charge is -2.16. The van der Waals surface area contributed by atoms with Crippen molar-refractivity contribution in [1.82, 2.24) is 0 Å². The van der Waals surface area contributed by atoms with Gasteiger partial charge in [-0.25, -0.2) is 0 Å². The summed E-state index contributed by atoms with van der Waals surface area (Å²) in [6.45, 7) is 31.0. The van der Waals surface area contributed by atoms with E-state index in [0.29, 0.717) is 0 Å². The van der Waals surface area contributed by atoms with E-state index in [-0.39, 0.29) is 19.8 Å². The molecule has 0 rings (SSSR count). The second-order valence-electron chi connectivity index (χ2n) is 14.1. The molecule has 0 radical (unpaired) electrons. The van der Waals surface area contributed by atoms with Crippen LogP contribution in [0.3, 0.4) is 0 Å². The topological polar surface area (TPSA) is 80.9 Å². The predicted molar refractivity (Wildman–Crippen MR) is 221 cm³/mol. The van der Waals surface area contributed by atoms with E-state index in [4.69, 9.17) is 15.3 Å². The minimum absolute atomic E-state index is 0.162. The molecule has 4 N–H and O–H groups in total. The van der Waals surface area contributed by atoms with Crippen LogP contribution in [-0.4, -0.2) is 45.8 Å². The number of rotatable bonds is 19. The van der Waals surface area contributed by atoms with Gasteiger partial charge in [0.15, 0.2) is 0 Å². The van der Waals surface area contributed by atoms with Crippen LogP contribution in [0.4, 0.5) is 0 Å². The molecule has 0 spiro atoms. The molecule has 49 heavy (non-hydrogen) atoms. The van der Waals surface area contributed by atoms with Crippen LogP contribution in [0.15, 0.2) is 106 Å². The Morgan fingerprint density at radius 1 is 0.429 bits per heavy atom. The maximum Gasteiger partial charge on any atom is 0.0800 e. The largest absolute Gasteiger partial charge is 0.392 e. The molecule has 0 aromatic rings. The molecule has 4 nitrogen and oxygen atoms in total. The Kier molecular flexibility index (Phi) is 40.0. The fraction of sp³-hybridized carbons (Fsp3) is 0.600. The van der Waals surface area contributed by atoms with Gasteiger partial charge in [0.2, 0.25) is 0 Å². The zero-order valence-electron chi connectivity index (χ0n) is 34.4. The minimum atomic E-state index is -0.702. The second-order valence-corrected chi connectivity index (χ2v) is 14.1. The standard InChI is InChI=1S/C15H26O.3C10H18O/c1-13(2)7-5-8-14(3)9-6-10-15(4)11-12-16;2*1-9(2)5-4-6-10(3)7-8-11;1-5-10(4,11)8-6-7-9(2)3/h7,9,11,16H,5-6,8,10,12H2,1-4H3;2*5,7,11H,4,6,8H2,1-3H3;5,7,11H,1,6,8H2,2-4H3/b;10-7+;10-7-;. The molecular formula is C45H80O4. The van der Waals surface area contributed by atoms with Crippen molar-refractivity contribution in [3.05, 3.63) is 106 Å². The SMILES string of the molecule is C=CC(C)(O)CCC=C(C)C.CC(C)=CCC/C(C)=C/CO.CC(C)=CCC/C(C)=C\CO.CC(C)=CCCC(C)=CCCC(C)=CCO. The highest BCUT2D eigenvalue weighted by Gasteiger charge is 2.12. The summed E-state index contributed by atoms with van der Waals surface area (Å²) in [4.78, 5) is 0. The molecular weight excluding hydrogens is 604 g/mol. The van der Waals surface area contributed by atoms with Gasteiger partial charge in [-0.15, -0.1) is 6.58 Å². The molecule has 0 aliphatic rings. The lowest BCUT2D eigenvalue weighted by atomic mass is 10.00. The fourth-order valence-corrected chi connectivity index (χ4v) is 3.94. The van der Waals surface area contributed by atoms with Gasteiger partial charge in [0.05, 0.1) is 25.4 Å². The van der Waals surface area contributed by atoms with E-state index in [0.717, 1.165) is 64.2 Å². The van der Waals surface area contributed by atoms with Crippen LogP contribution in [0.25, 0.3) is 0 Å². The molecule has 0 aromatic heterocycles. The zero-order valence-corrected chi connectivity index (χ0v) is 34.4. The number of aliphatic hydroxyl groups is 4. The quantitative estimate of drug-likeness (QED) is 0.102. The number of hydrogen-bond acceptors (Lipinski definition) is 4. The lowest BCUT2D eigenvalue weighted by Crippen LogP contribution is -2.19. The Morgan fingerprint density at radius 2 is 0.673 bits per heavy atom. The summed E-state index contributed by atoms with van der Waals surface area (Å²) < 4.78 is 0. The first-order chi connectivity index (χ1) is 22.9. The molecule has 0 aromatic carbocycles. The van der Waals surface area contributed by atoms with E-state index < -0.39 is 5.60 Å². The van der Waals surface area contributed by atoms with Crippen LogP contribution >= 0.6 is 0 Å². The van der Waals surface area contributed by atoms with Gasteiger partial charge in [-0.2, -0.15) is 0 Å². The average Bonchev–Trinajstić information content (AvgIpc) is 2.98. The Hall–Kier alpha value is -2.50. The van der Waals surface area contributed by atoms with Crippen molar-refractivity contribution in [3.8, 4) is 0 Å². The molecule has 0 bridgehead atoms. The highest BCUT2D eigenvalue weighted by molar-refractivity contribution is 5.06. The van der Waals surface area contributed by atoms with Crippen LogP contribution in [0.1, 0.15) is 154 Å². The van der Waals surface area contributed by atoms with E-state index in [1.165, 1.54) is 44.6 Å². The fourth-order valence-electron chi connectivity index (χ4n) is 3.94. The molecule has 0 saturated heterocycles. The molecule has 0 heterocycles. The van der Waals surface area contributed by atoms with Crippen molar-refractivity contribution in [1.29, 1.82) is 0 Å². The summed E-state index contributed by atoms with van der Waals surface area (Å²) >= 11 is 0. The summed E-state index contributed by atoms with van der Waals surface area (Å²) in [6.07, 6.45) is 28.8. The third kappa shape index (κ3) is 52.5. The van der Waals surface area contributed by atoms with Crippen molar-refractivity contribution in [2.45, 2.75) is 160 Å². The maximum absolute atomic E-state index is 9.49. The third-order valence-electron chi connectivity index (χ3n) is 7.27. The van der Waals surface area contributed by atoms with Gasteiger partial charge >= 0.3 is 0 Å². The number of hydrogen-bond donors (Lipinski definition) is 4. The summed E-state index contributed by atoms with van der Waals surface area (Å²) in [7, 11) is 0. The number of allylic oxidation sites excluding steroid dienone is 13. The zero-order chi connectivity index (χ0) is 38.7. The highest BCUT2D eigenvalue weighted by Crippen LogP contribution is 2.14. The van der Waals surface area contributed by atoms with Crippen molar-refractivity contribution >= 4 is 0 Å². The minimum Gasteiger partial charge on any atom is -0.392 e. The summed E-state index contributed by atoms with van der Waals surface area (Å²) in [5.41, 5.74) is 9.99. The number of aliphatic hydroxyl groups excluding tert-OH is 3. The molecule has 1 unspecified atom stereocenters. The first-order valence-electron chi connectivity index (χ1n) is 18.2. The normalized spacial score (nSPS) is 12.8. The van der Waals surface area contributed by atoms with Crippen molar-refractivity contribution < 1.29 is 20.4 Å². The molecule has 4 heteroatoms. The van der Waals surface area contributed by atoms with Gasteiger partial charge in [-0.3, -0.25) is 0 Å². The Bertz CT molecular complexity index is 1020. The smallest absolute Gasteiger partial charge is 0.0800 e. The second kappa shape index (κ2) is 36.8. The average molecular weight is 685 g/mol. The Labute approximate surface area is 305 Å². The van der Waals surface area contributed by atoms with E-state index in [9.17, 15) is 5.11 Å². The molecule has 1 atom stereocenters. The third-order valence-corrected chi connectivity index (χ3v) is 7.27. The van der Waals surface area contributed by atoms with Crippen molar-refractivity contribution in [2.75, 3.05) is 19.8 Å². The Balaban J connectivity index is -0.000000280. The van der Waals surface area contributed by atoms with Crippen LogP contribution in [0, 0.1) is 0 Å². The molecule has 0 amide bonds. The highest BCUT2D eigenvalue weighted by atomic mass is 16.3. The van der Waals surface area contributed by atoms with Gasteiger partial charge in [0.1, 0.15) is 0 Å². The molecule has 284 valence electrons. The van der Waals surface area contributed by atoms with Gasteiger partial charge in [0.25, 0.3) is 0 Å².